The molecule has 238 valence electrons. The Balaban J connectivity index is 1.82. The van der Waals surface area contributed by atoms with Gasteiger partial charge in [-0.3, -0.25) is 24.1 Å². The van der Waals surface area contributed by atoms with Gasteiger partial charge in [-0.05, 0) is 48.2 Å². The maximum absolute atomic E-state index is 13.7. The number of hydrazine groups is 1. The van der Waals surface area contributed by atoms with Crippen molar-refractivity contribution < 1.29 is 20.1 Å². The van der Waals surface area contributed by atoms with E-state index < -0.39 is 12.1 Å². The number of benzene rings is 1. The SMILES string of the molecule is CC(C)CCCC(c1ccnc(-c2c(NC=O)cnn2C(O)(O)O)c1)n1cnc(-c2cc(Cl)ccc2N(N)/C=C(\N)Cl)cc1=O. The summed E-state index contributed by atoms with van der Waals surface area (Å²) < 4.78 is 1.98. The Bertz CT molecular complexity index is 1750. The van der Waals surface area contributed by atoms with Crippen LogP contribution >= 0.6 is 23.2 Å². The van der Waals surface area contributed by atoms with Gasteiger partial charge in [-0.15, -0.1) is 0 Å². The number of nitrogens with two attached hydrogens (primary N) is 2. The molecule has 0 aliphatic rings. The molecule has 0 spiro atoms. The first-order valence-corrected chi connectivity index (χ1v) is 14.5. The van der Waals surface area contributed by atoms with Crippen LogP contribution in [-0.4, -0.2) is 46.0 Å². The average molecular weight is 659 g/mol. The molecule has 0 fully saturated rings. The van der Waals surface area contributed by atoms with Gasteiger partial charge in [0.05, 0.1) is 47.5 Å². The van der Waals surface area contributed by atoms with Crippen molar-refractivity contribution >= 4 is 41.0 Å². The lowest BCUT2D eigenvalue weighted by Crippen LogP contribution is -2.34. The number of nitrogens with one attached hydrogen (secondary N) is 1. The number of rotatable bonds is 13. The number of amides is 1. The van der Waals surface area contributed by atoms with E-state index in [1.54, 1.807) is 30.3 Å². The lowest BCUT2D eigenvalue weighted by molar-refractivity contribution is -0.380. The highest BCUT2D eigenvalue weighted by Gasteiger charge is 2.30. The molecular formula is C29H33Cl2N9O5. The topological polar surface area (TPSA) is 211 Å². The fourth-order valence-corrected chi connectivity index (χ4v) is 5.17. The number of hydrogen-bond donors (Lipinski definition) is 6. The van der Waals surface area contributed by atoms with Crippen molar-refractivity contribution in [1.29, 1.82) is 0 Å². The molecule has 14 nitrogen and oxygen atoms in total. The lowest BCUT2D eigenvalue weighted by atomic mass is 9.97. The van der Waals surface area contributed by atoms with Crippen LogP contribution in [0.5, 0.6) is 0 Å². The highest BCUT2D eigenvalue weighted by molar-refractivity contribution is 6.31. The number of halogens is 2. The summed E-state index contributed by atoms with van der Waals surface area (Å²) >= 11 is 12.1. The first-order chi connectivity index (χ1) is 21.3. The van der Waals surface area contributed by atoms with E-state index in [4.69, 9.17) is 34.8 Å². The fourth-order valence-electron chi connectivity index (χ4n) is 4.89. The molecule has 0 saturated carbocycles. The Morgan fingerprint density at radius 1 is 1.13 bits per heavy atom. The van der Waals surface area contributed by atoms with E-state index in [1.165, 1.54) is 34.4 Å². The average Bonchev–Trinajstić information content (AvgIpc) is 3.40. The molecule has 0 bridgehead atoms. The minimum atomic E-state index is -3.38. The monoisotopic (exact) mass is 657 g/mol. The Morgan fingerprint density at radius 3 is 2.53 bits per heavy atom. The molecule has 0 aliphatic heterocycles. The van der Waals surface area contributed by atoms with Crippen molar-refractivity contribution in [3.05, 3.63) is 87.4 Å². The van der Waals surface area contributed by atoms with E-state index in [9.17, 15) is 24.9 Å². The predicted molar refractivity (Wildman–Crippen MR) is 170 cm³/mol. The normalized spacial score (nSPS) is 12.8. The van der Waals surface area contributed by atoms with Crippen molar-refractivity contribution in [2.24, 2.45) is 17.5 Å². The maximum Gasteiger partial charge on any atom is 0.389 e. The predicted octanol–water partition coefficient (Wildman–Crippen LogP) is 3.03. The van der Waals surface area contributed by atoms with E-state index >= 15 is 0 Å². The molecule has 3 heterocycles. The molecule has 0 saturated heterocycles. The number of anilines is 2. The van der Waals surface area contributed by atoms with Crippen LogP contribution in [0.25, 0.3) is 22.6 Å². The summed E-state index contributed by atoms with van der Waals surface area (Å²) in [5.41, 5.74) is 7.18. The Labute approximate surface area is 268 Å². The molecular weight excluding hydrogens is 625 g/mol. The largest absolute Gasteiger partial charge is 0.389 e. The van der Waals surface area contributed by atoms with Crippen LogP contribution in [0.3, 0.4) is 0 Å². The molecule has 1 unspecified atom stereocenters. The van der Waals surface area contributed by atoms with Gasteiger partial charge >= 0.3 is 6.10 Å². The summed E-state index contributed by atoms with van der Waals surface area (Å²) in [7, 11) is 0. The summed E-state index contributed by atoms with van der Waals surface area (Å²) in [6.07, 6.45) is 4.53. The van der Waals surface area contributed by atoms with Crippen LogP contribution in [-0.2, 0) is 10.9 Å². The van der Waals surface area contributed by atoms with E-state index in [1.807, 2.05) is 0 Å². The fraction of sp³-hybridized carbons (Fsp3) is 0.276. The minimum Gasteiger partial charge on any atom is -0.388 e. The zero-order valence-electron chi connectivity index (χ0n) is 24.4. The van der Waals surface area contributed by atoms with Gasteiger partial charge in [0.2, 0.25) is 6.41 Å². The molecule has 0 radical (unpaired) electrons. The van der Waals surface area contributed by atoms with E-state index in [2.05, 4.69) is 34.2 Å². The van der Waals surface area contributed by atoms with Crippen LogP contribution in [0.1, 0.15) is 44.7 Å². The molecule has 45 heavy (non-hydrogen) atoms. The third-order valence-corrected chi connectivity index (χ3v) is 7.22. The standard InChI is InChI=1S/C29H33Cl2N9O5/c1-17(2)4-3-5-24(18-8-9-34-22(10-18)28-23(36-16-41)13-37-40(28)29(43,44)45)38-15-35-21(12-27(38)42)20-11-19(30)6-7-25(20)39(33)14-26(31)32/h6-17,24,43-45H,3-5,32-33H2,1-2H3,(H,36,41)/b26-14-. The van der Waals surface area contributed by atoms with Gasteiger partial charge < -0.3 is 26.4 Å². The molecule has 0 aliphatic carbocycles. The van der Waals surface area contributed by atoms with Crippen molar-refractivity contribution in [3.63, 3.8) is 0 Å². The number of aliphatic hydroxyl groups is 3. The van der Waals surface area contributed by atoms with Gasteiger partial charge in [0.15, 0.2) is 0 Å². The van der Waals surface area contributed by atoms with E-state index in [0.29, 0.717) is 51.0 Å². The van der Waals surface area contributed by atoms with Gasteiger partial charge in [0.1, 0.15) is 10.9 Å². The van der Waals surface area contributed by atoms with Crippen molar-refractivity contribution in [2.75, 3.05) is 10.3 Å². The van der Waals surface area contributed by atoms with Crippen LogP contribution in [0, 0.1) is 5.92 Å². The Hall–Kier alpha value is -4.31. The van der Waals surface area contributed by atoms with Crippen LogP contribution in [0.2, 0.25) is 5.02 Å². The highest BCUT2D eigenvalue weighted by atomic mass is 35.5. The number of carbonyl (C=O) groups excluding carboxylic acids is 1. The highest BCUT2D eigenvalue weighted by Crippen LogP contribution is 2.34. The molecule has 1 aromatic carbocycles. The quantitative estimate of drug-likeness (QED) is 0.0404. The van der Waals surface area contributed by atoms with Gasteiger partial charge in [-0.1, -0.05) is 49.9 Å². The second kappa shape index (κ2) is 14.2. The summed E-state index contributed by atoms with van der Waals surface area (Å²) in [6, 6.07) is 9.06. The van der Waals surface area contributed by atoms with Crippen LogP contribution < -0.4 is 27.5 Å². The minimum absolute atomic E-state index is 0.0532. The van der Waals surface area contributed by atoms with Gasteiger partial charge in [-0.2, -0.15) is 9.78 Å². The summed E-state index contributed by atoms with van der Waals surface area (Å²) in [4.78, 5) is 33.8. The molecule has 1 amide bonds. The first-order valence-electron chi connectivity index (χ1n) is 13.8. The van der Waals surface area contributed by atoms with Gasteiger partial charge in [0.25, 0.3) is 5.56 Å². The maximum atomic E-state index is 13.7. The van der Waals surface area contributed by atoms with E-state index in [-0.39, 0.29) is 27.8 Å². The van der Waals surface area contributed by atoms with Gasteiger partial charge in [0, 0.05) is 22.8 Å². The van der Waals surface area contributed by atoms with Crippen molar-refractivity contribution in [1.82, 2.24) is 24.3 Å². The summed E-state index contributed by atoms with van der Waals surface area (Å²) in [5, 5.41) is 37.4. The third kappa shape index (κ3) is 8.05. The number of pyridine rings is 1. The molecule has 4 aromatic rings. The lowest BCUT2D eigenvalue weighted by Gasteiger charge is -2.23. The Kier molecular flexibility index (Phi) is 10.6. The van der Waals surface area contributed by atoms with Crippen LogP contribution in [0.4, 0.5) is 11.4 Å². The summed E-state index contributed by atoms with van der Waals surface area (Å²) in [6.45, 7) is 4.21. The number of carbonyl (C=O) groups is 1. The Morgan fingerprint density at radius 2 is 1.89 bits per heavy atom. The zero-order valence-corrected chi connectivity index (χ0v) is 25.9. The molecule has 8 N–H and O–H groups in total. The number of nitrogens with zero attached hydrogens (tertiary/aromatic N) is 6. The third-order valence-electron chi connectivity index (χ3n) is 6.89. The van der Waals surface area contributed by atoms with Crippen molar-refractivity contribution in [2.45, 2.75) is 45.2 Å². The first kappa shape index (κ1) is 33.6. The smallest absolute Gasteiger partial charge is 0.388 e. The summed E-state index contributed by atoms with van der Waals surface area (Å²) in [5.74, 6) is 6.55. The molecule has 4 rings (SSSR count). The second-order valence-corrected chi connectivity index (χ2v) is 11.5. The molecule has 16 heteroatoms. The van der Waals surface area contributed by atoms with Crippen molar-refractivity contribution in [3.8, 4) is 22.6 Å². The zero-order chi connectivity index (χ0) is 32.9. The number of aromatic nitrogens is 5. The number of hydrogen-bond acceptors (Lipinski definition) is 11. The second-order valence-electron chi connectivity index (χ2n) is 10.6. The van der Waals surface area contributed by atoms with Crippen LogP contribution in [0.15, 0.2) is 71.3 Å². The molecule has 3 aromatic heterocycles. The van der Waals surface area contributed by atoms with Gasteiger partial charge in [-0.25, -0.2) is 10.8 Å². The molecule has 1 atom stereocenters. The van der Waals surface area contributed by atoms with E-state index in [0.717, 1.165) is 19.0 Å².